The van der Waals surface area contributed by atoms with Crippen molar-refractivity contribution >= 4 is 32.4 Å². The van der Waals surface area contributed by atoms with Gasteiger partial charge >= 0.3 is 0 Å². The van der Waals surface area contributed by atoms with Crippen LogP contribution in [-0.2, 0) is 19.5 Å². The van der Waals surface area contributed by atoms with Crippen LogP contribution in [0.3, 0.4) is 0 Å². The summed E-state index contributed by atoms with van der Waals surface area (Å²) in [6.45, 7) is 7.05. The first-order valence-corrected chi connectivity index (χ1v) is 15.2. The highest BCUT2D eigenvalue weighted by atomic mass is 32.2. The Morgan fingerprint density at radius 2 is 1.87 bits per heavy atom. The van der Waals surface area contributed by atoms with Gasteiger partial charge in [0.05, 0.1) is 36.9 Å². The van der Waals surface area contributed by atoms with Gasteiger partial charge in [0.2, 0.25) is 10.0 Å². The van der Waals surface area contributed by atoms with Crippen LogP contribution in [0.5, 0.6) is 0 Å². The second kappa shape index (κ2) is 10.4. The van der Waals surface area contributed by atoms with Crippen LogP contribution in [0.25, 0.3) is 22.3 Å². The monoisotopic (exact) mass is 541 g/mol. The number of sulfonamides is 1. The number of hydrogen-bond acceptors (Lipinski definition) is 9. The Labute approximate surface area is 223 Å². The van der Waals surface area contributed by atoms with Crippen LogP contribution in [-0.4, -0.2) is 97.3 Å². The quantitative estimate of drug-likeness (QED) is 0.482. The van der Waals surface area contributed by atoms with Gasteiger partial charge in [-0.2, -0.15) is 9.40 Å². The molecule has 6 rings (SSSR count). The van der Waals surface area contributed by atoms with E-state index in [-0.39, 0.29) is 12.3 Å². The van der Waals surface area contributed by atoms with Crippen molar-refractivity contribution < 1.29 is 17.9 Å². The molecular formula is C26H35N7O4S. The van der Waals surface area contributed by atoms with Crippen LogP contribution in [0.15, 0.2) is 30.6 Å². The number of fused-ring (bicyclic) bond motifs is 1. The molecule has 3 aliphatic heterocycles. The second-order valence-corrected chi connectivity index (χ2v) is 12.3. The van der Waals surface area contributed by atoms with Gasteiger partial charge < -0.3 is 19.3 Å². The normalized spacial score (nSPS) is 23.7. The van der Waals surface area contributed by atoms with Gasteiger partial charge in [0.1, 0.15) is 17.0 Å². The average Bonchev–Trinajstić information content (AvgIpc) is 3.42. The molecule has 3 aromatic heterocycles. The zero-order chi connectivity index (χ0) is 26.3. The average molecular weight is 542 g/mol. The van der Waals surface area contributed by atoms with Gasteiger partial charge in [-0.05, 0) is 38.3 Å². The van der Waals surface area contributed by atoms with Crippen molar-refractivity contribution in [1.82, 2.24) is 24.1 Å². The lowest BCUT2D eigenvalue weighted by Gasteiger charge is -2.37. The minimum Gasteiger partial charge on any atom is -0.377 e. The van der Waals surface area contributed by atoms with Gasteiger partial charge in [-0.3, -0.25) is 4.98 Å². The lowest BCUT2D eigenvalue weighted by molar-refractivity contribution is -0.0383. The standard InChI is InChI=1S/C26H35N7O4S/c1-19-18-36-16-14-32(19)23-17-22(30-10-12-31(13-11-30)38(2,34)35)20-6-8-27-26(25(20)29-23)21-7-9-28-33(21)24-5-3-4-15-37-24/h6-9,17,19,24H,3-5,10-16,18H2,1-2H3. The highest BCUT2D eigenvalue weighted by Gasteiger charge is 2.28. The highest BCUT2D eigenvalue weighted by molar-refractivity contribution is 7.88. The predicted molar refractivity (Wildman–Crippen MR) is 146 cm³/mol. The van der Waals surface area contributed by atoms with E-state index in [0.29, 0.717) is 39.4 Å². The van der Waals surface area contributed by atoms with E-state index in [4.69, 9.17) is 19.4 Å². The number of aromatic nitrogens is 4. The molecule has 3 aliphatic rings. The molecule has 38 heavy (non-hydrogen) atoms. The van der Waals surface area contributed by atoms with Gasteiger partial charge in [0.25, 0.3) is 0 Å². The molecule has 3 aromatic rings. The molecule has 0 N–H and O–H groups in total. The summed E-state index contributed by atoms with van der Waals surface area (Å²) in [6.07, 6.45) is 7.88. The maximum atomic E-state index is 12.1. The van der Waals surface area contributed by atoms with E-state index in [2.05, 4.69) is 27.9 Å². The molecule has 0 aromatic carbocycles. The molecule has 2 unspecified atom stereocenters. The molecular weight excluding hydrogens is 506 g/mol. The van der Waals surface area contributed by atoms with Gasteiger partial charge in [0.15, 0.2) is 6.23 Å². The minimum absolute atomic E-state index is 0.114. The molecule has 12 heteroatoms. The van der Waals surface area contributed by atoms with Crippen LogP contribution in [0.1, 0.15) is 32.4 Å². The summed E-state index contributed by atoms with van der Waals surface area (Å²) >= 11 is 0. The van der Waals surface area contributed by atoms with Crippen molar-refractivity contribution in [2.45, 2.75) is 38.5 Å². The first-order valence-electron chi connectivity index (χ1n) is 13.4. The number of nitrogens with zero attached hydrogens (tertiary/aromatic N) is 7. The topological polar surface area (TPSA) is 106 Å². The van der Waals surface area contributed by atoms with Gasteiger partial charge in [0, 0.05) is 63.2 Å². The second-order valence-electron chi connectivity index (χ2n) is 10.3. The smallest absolute Gasteiger partial charge is 0.211 e. The summed E-state index contributed by atoms with van der Waals surface area (Å²) in [5.41, 5.74) is 3.50. The third kappa shape index (κ3) is 4.86. The number of rotatable bonds is 5. The Balaban J connectivity index is 1.46. The van der Waals surface area contributed by atoms with Crippen molar-refractivity contribution in [2.75, 3.05) is 68.6 Å². The third-order valence-electron chi connectivity index (χ3n) is 7.74. The van der Waals surface area contributed by atoms with Crippen molar-refractivity contribution in [2.24, 2.45) is 0 Å². The molecule has 3 saturated heterocycles. The zero-order valence-corrected chi connectivity index (χ0v) is 22.8. The molecule has 204 valence electrons. The molecule has 0 radical (unpaired) electrons. The number of pyridine rings is 2. The van der Waals surface area contributed by atoms with E-state index < -0.39 is 10.0 Å². The Morgan fingerprint density at radius 1 is 1.03 bits per heavy atom. The molecule has 11 nitrogen and oxygen atoms in total. The molecule has 0 bridgehead atoms. The summed E-state index contributed by atoms with van der Waals surface area (Å²) in [6, 6.07) is 6.32. The fourth-order valence-electron chi connectivity index (χ4n) is 5.69. The molecule has 2 atom stereocenters. The van der Waals surface area contributed by atoms with E-state index in [9.17, 15) is 8.42 Å². The maximum Gasteiger partial charge on any atom is 0.211 e. The number of hydrogen-bond donors (Lipinski definition) is 0. The van der Waals surface area contributed by atoms with Gasteiger partial charge in [-0.1, -0.05) is 0 Å². The Hall–Kier alpha value is -2.80. The third-order valence-corrected chi connectivity index (χ3v) is 9.05. The van der Waals surface area contributed by atoms with Crippen LogP contribution in [0.2, 0.25) is 0 Å². The molecule has 6 heterocycles. The first kappa shape index (κ1) is 25.5. The Kier molecular flexibility index (Phi) is 6.97. The van der Waals surface area contributed by atoms with Crippen LogP contribution in [0.4, 0.5) is 11.5 Å². The van der Waals surface area contributed by atoms with Crippen LogP contribution < -0.4 is 9.80 Å². The van der Waals surface area contributed by atoms with Crippen LogP contribution >= 0.6 is 0 Å². The molecule has 0 aliphatic carbocycles. The summed E-state index contributed by atoms with van der Waals surface area (Å²) in [5.74, 6) is 0.878. The summed E-state index contributed by atoms with van der Waals surface area (Å²) in [7, 11) is -3.22. The highest BCUT2D eigenvalue weighted by Crippen LogP contribution is 2.37. The van der Waals surface area contributed by atoms with Crippen molar-refractivity contribution in [3.05, 3.63) is 30.6 Å². The summed E-state index contributed by atoms with van der Waals surface area (Å²) in [5, 5.41) is 5.61. The van der Waals surface area contributed by atoms with E-state index in [1.807, 2.05) is 23.0 Å². The largest absolute Gasteiger partial charge is 0.377 e. The predicted octanol–water partition coefficient (Wildman–Crippen LogP) is 2.50. The Bertz CT molecular complexity index is 1400. The fraction of sp³-hybridized carbons (Fsp3) is 0.577. The number of ether oxygens (including phenoxy) is 2. The summed E-state index contributed by atoms with van der Waals surface area (Å²) < 4.78 is 39.5. The number of piperazine rings is 1. The van der Waals surface area contributed by atoms with Crippen molar-refractivity contribution in [3.8, 4) is 11.4 Å². The zero-order valence-electron chi connectivity index (χ0n) is 22.0. The lowest BCUT2D eigenvalue weighted by atomic mass is 10.1. The number of morpholine rings is 1. The van der Waals surface area contributed by atoms with Crippen LogP contribution in [0, 0.1) is 0 Å². The SMILES string of the molecule is CC1COCCN1c1cc(N2CCN(S(C)(=O)=O)CC2)c2ccnc(-c3ccnn3C3CCCCO3)c2n1. The lowest BCUT2D eigenvalue weighted by Crippen LogP contribution is -2.48. The number of anilines is 2. The summed E-state index contributed by atoms with van der Waals surface area (Å²) in [4.78, 5) is 14.6. The molecule has 0 spiro atoms. The van der Waals surface area contributed by atoms with E-state index in [1.165, 1.54) is 6.26 Å². The van der Waals surface area contributed by atoms with E-state index >= 15 is 0 Å². The minimum atomic E-state index is -3.22. The molecule has 0 saturated carbocycles. The fourth-order valence-corrected chi connectivity index (χ4v) is 6.52. The Morgan fingerprint density at radius 3 is 2.61 bits per heavy atom. The maximum absolute atomic E-state index is 12.1. The van der Waals surface area contributed by atoms with Crippen molar-refractivity contribution in [3.63, 3.8) is 0 Å². The van der Waals surface area contributed by atoms with E-state index in [0.717, 1.165) is 66.2 Å². The van der Waals surface area contributed by atoms with Gasteiger partial charge in [-0.25, -0.2) is 18.1 Å². The van der Waals surface area contributed by atoms with Crippen molar-refractivity contribution in [1.29, 1.82) is 0 Å². The van der Waals surface area contributed by atoms with E-state index in [1.54, 1.807) is 10.5 Å². The van der Waals surface area contributed by atoms with Gasteiger partial charge in [-0.15, -0.1) is 0 Å². The first-order chi connectivity index (χ1) is 18.4. The molecule has 0 amide bonds. The molecule has 3 fully saturated rings.